The number of fused-ring (bicyclic) bond motifs is 3. The Balaban J connectivity index is 1.52. The van der Waals surface area contributed by atoms with Gasteiger partial charge in [0.25, 0.3) is 0 Å². The summed E-state index contributed by atoms with van der Waals surface area (Å²) in [4.78, 5) is 20.2. The number of aromatic nitrogens is 8. The van der Waals surface area contributed by atoms with Crippen LogP contribution in [0.2, 0.25) is 0 Å². The van der Waals surface area contributed by atoms with Gasteiger partial charge in [0.05, 0.1) is 18.4 Å². The van der Waals surface area contributed by atoms with Crippen molar-refractivity contribution in [1.82, 2.24) is 39.3 Å². The fraction of sp³-hybridized carbons (Fsp3) is 0.143. The highest BCUT2D eigenvalue weighted by Crippen LogP contribution is 2.41. The van der Waals surface area contributed by atoms with Crippen LogP contribution >= 0.6 is 0 Å². The standard InChI is InChI=1S/C21H16FN9/c1-2-16-20-28-26-12-30(20)17-11-25-21(27-19(17)31(16)14-4-3-5-14)29-9-8-23-18(29)15-7-6-13(22)10-24-15/h3-12,16H,2H2,1H3. The van der Waals surface area contributed by atoms with Gasteiger partial charge in [-0.1, -0.05) is 13.0 Å². The van der Waals surface area contributed by atoms with Crippen LogP contribution < -0.4 is 4.90 Å². The second kappa shape index (κ2) is 6.66. The zero-order valence-corrected chi connectivity index (χ0v) is 16.5. The first kappa shape index (κ1) is 17.6. The van der Waals surface area contributed by atoms with Gasteiger partial charge < -0.3 is 4.90 Å². The van der Waals surface area contributed by atoms with Gasteiger partial charge in [-0.25, -0.2) is 19.3 Å². The molecule has 9 nitrogen and oxygen atoms in total. The minimum absolute atomic E-state index is 0.00465. The number of hydrogen-bond acceptors (Lipinski definition) is 7. The summed E-state index contributed by atoms with van der Waals surface area (Å²) >= 11 is 0. The molecule has 2 aliphatic rings. The van der Waals surface area contributed by atoms with E-state index in [1.807, 2.05) is 22.8 Å². The third-order valence-electron chi connectivity index (χ3n) is 5.42. The number of allylic oxidation sites excluding steroid dienone is 3. The zero-order chi connectivity index (χ0) is 20.9. The van der Waals surface area contributed by atoms with E-state index in [1.54, 1.807) is 35.6 Å². The summed E-state index contributed by atoms with van der Waals surface area (Å²) in [5.74, 6) is 2.18. The Kier molecular flexibility index (Phi) is 3.79. The molecule has 1 aliphatic heterocycles. The maximum absolute atomic E-state index is 13.3. The molecule has 0 bridgehead atoms. The molecule has 4 aromatic rings. The van der Waals surface area contributed by atoms with Gasteiger partial charge >= 0.3 is 0 Å². The van der Waals surface area contributed by atoms with Crippen molar-refractivity contribution in [1.29, 1.82) is 0 Å². The first-order valence-electron chi connectivity index (χ1n) is 9.85. The van der Waals surface area contributed by atoms with Gasteiger partial charge in [-0.15, -0.1) is 10.2 Å². The smallest absolute Gasteiger partial charge is 0.237 e. The maximum atomic E-state index is 13.3. The zero-order valence-electron chi connectivity index (χ0n) is 16.5. The van der Waals surface area contributed by atoms with Crippen molar-refractivity contribution >= 4 is 5.82 Å². The van der Waals surface area contributed by atoms with Gasteiger partial charge in [0.2, 0.25) is 5.95 Å². The maximum Gasteiger partial charge on any atom is 0.237 e. The van der Waals surface area contributed by atoms with Crippen LogP contribution in [0.15, 0.2) is 67.2 Å². The molecule has 1 unspecified atom stereocenters. The van der Waals surface area contributed by atoms with Gasteiger partial charge in [0.1, 0.15) is 23.5 Å². The molecule has 4 aromatic heterocycles. The number of rotatable bonds is 4. The lowest BCUT2D eigenvalue weighted by molar-refractivity contribution is 0.574. The number of anilines is 1. The van der Waals surface area contributed by atoms with E-state index in [2.05, 4.69) is 37.0 Å². The highest BCUT2D eigenvalue weighted by Gasteiger charge is 2.35. The predicted octanol–water partition coefficient (Wildman–Crippen LogP) is 3.17. The number of pyridine rings is 1. The Morgan fingerprint density at radius 1 is 1.10 bits per heavy atom. The minimum Gasteiger partial charge on any atom is -0.314 e. The third-order valence-corrected chi connectivity index (χ3v) is 5.42. The number of imidazole rings is 1. The van der Waals surface area contributed by atoms with Crippen LogP contribution in [0, 0.1) is 5.82 Å². The fourth-order valence-electron chi connectivity index (χ4n) is 3.91. The molecule has 6 rings (SSSR count). The van der Waals surface area contributed by atoms with Crippen molar-refractivity contribution in [3.05, 3.63) is 78.8 Å². The molecule has 152 valence electrons. The van der Waals surface area contributed by atoms with Crippen LogP contribution in [-0.2, 0) is 0 Å². The van der Waals surface area contributed by atoms with Crippen LogP contribution in [-0.4, -0.2) is 39.3 Å². The van der Waals surface area contributed by atoms with Crippen molar-refractivity contribution in [3.8, 4) is 23.2 Å². The molecule has 1 aliphatic carbocycles. The summed E-state index contributed by atoms with van der Waals surface area (Å²) in [7, 11) is 0. The van der Waals surface area contributed by atoms with E-state index in [9.17, 15) is 4.39 Å². The average molecular weight is 413 g/mol. The van der Waals surface area contributed by atoms with E-state index in [-0.39, 0.29) is 6.04 Å². The van der Waals surface area contributed by atoms with Crippen molar-refractivity contribution in [3.63, 3.8) is 0 Å². The molecular formula is C21H16FN9. The molecule has 0 amide bonds. The monoisotopic (exact) mass is 413 g/mol. The summed E-state index contributed by atoms with van der Waals surface area (Å²) < 4.78 is 17.0. The Bertz CT molecular complexity index is 1350. The fourth-order valence-corrected chi connectivity index (χ4v) is 3.91. The van der Waals surface area contributed by atoms with Gasteiger partial charge in [0, 0.05) is 18.1 Å². The molecular weight excluding hydrogens is 397 g/mol. The SMILES string of the molecule is CCC1c2nncn2-c2cnc(-n3ccnc3-c3ccc(F)cn3)nc2N1C1=CC=C1. The van der Waals surface area contributed by atoms with Gasteiger partial charge in [-0.3, -0.25) is 9.13 Å². The quantitative estimate of drug-likeness (QED) is 0.508. The summed E-state index contributed by atoms with van der Waals surface area (Å²) in [5, 5.41) is 8.45. The van der Waals surface area contributed by atoms with E-state index in [1.165, 1.54) is 12.3 Å². The van der Waals surface area contributed by atoms with Crippen molar-refractivity contribution in [2.45, 2.75) is 19.4 Å². The topological polar surface area (TPSA) is 90.4 Å². The molecule has 31 heavy (non-hydrogen) atoms. The van der Waals surface area contributed by atoms with Crippen LogP contribution in [0.25, 0.3) is 23.2 Å². The minimum atomic E-state index is -0.403. The molecule has 5 heterocycles. The first-order valence-corrected chi connectivity index (χ1v) is 9.85. The van der Waals surface area contributed by atoms with Crippen molar-refractivity contribution in [2.24, 2.45) is 0 Å². The summed E-state index contributed by atoms with van der Waals surface area (Å²) in [6.45, 7) is 2.11. The molecule has 0 fully saturated rings. The van der Waals surface area contributed by atoms with Gasteiger partial charge in [-0.05, 0) is 30.7 Å². The second-order valence-electron chi connectivity index (χ2n) is 7.17. The molecule has 0 aromatic carbocycles. The summed E-state index contributed by atoms with van der Waals surface area (Å²) in [6.07, 6.45) is 14.9. The van der Waals surface area contributed by atoms with E-state index < -0.39 is 5.82 Å². The molecule has 0 spiro atoms. The summed E-state index contributed by atoms with van der Waals surface area (Å²) in [6, 6.07) is 2.93. The Morgan fingerprint density at radius 2 is 2.00 bits per heavy atom. The Hall–Kier alpha value is -4.21. The predicted molar refractivity (Wildman–Crippen MR) is 110 cm³/mol. The lowest BCUT2D eigenvalue weighted by Crippen LogP contribution is -2.35. The van der Waals surface area contributed by atoms with Crippen molar-refractivity contribution < 1.29 is 4.39 Å². The van der Waals surface area contributed by atoms with Gasteiger partial charge in [0.15, 0.2) is 17.5 Å². The molecule has 1 atom stereocenters. The second-order valence-corrected chi connectivity index (χ2v) is 7.17. The van der Waals surface area contributed by atoms with E-state index in [0.29, 0.717) is 17.5 Å². The van der Waals surface area contributed by atoms with Gasteiger partial charge in [-0.2, -0.15) is 4.98 Å². The van der Waals surface area contributed by atoms with Crippen molar-refractivity contribution in [2.75, 3.05) is 4.90 Å². The first-order chi connectivity index (χ1) is 15.2. The largest absolute Gasteiger partial charge is 0.314 e. The highest BCUT2D eigenvalue weighted by molar-refractivity contribution is 5.68. The lowest BCUT2D eigenvalue weighted by Gasteiger charge is -2.38. The molecule has 0 radical (unpaired) electrons. The average Bonchev–Trinajstić information content (AvgIpc) is 3.43. The highest BCUT2D eigenvalue weighted by atomic mass is 19.1. The number of halogens is 1. The normalized spacial score (nSPS) is 16.5. The summed E-state index contributed by atoms with van der Waals surface area (Å²) in [5.41, 5.74) is 2.39. The molecule has 0 saturated carbocycles. The third kappa shape index (κ3) is 2.61. The molecule has 0 N–H and O–H groups in total. The van der Waals surface area contributed by atoms with Crippen LogP contribution in [0.4, 0.5) is 10.2 Å². The Labute approximate surface area is 176 Å². The number of hydrogen-bond donors (Lipinski definition) is 0. The Morgan fingerprint density at radius 3 is 2.74 bits per heavy atom. The number of nitrogens with zero attached hydrogens (tertiary/aromatic N) is 9. The lowest BCUT2D eigenvalue weighted by atomic mass is 10.1. The molecule has 10 heteroatoms. The van der Waals surface area contributed by atoms with Crippen LogP contribution in [0.5, 0.6) is 0 Å². The van der Waals surface area contributed by atoms with Crippen LogP contribution in [0.3, 0.4) is 0 Å². The van der Waals surface area contributed by atoms with E-state index in [0.717, 1.165) is 29.4 Å². The van der Waals surface area contributed by atoms with E-state index in [4.69, 9.17) is 4.98 Å². The molecule has 0 saturated heterocycles. The van der Waals surface area contributed by atoms with Crippen LogP contribution in [0.1, 0.15) is 25.2 Å². The van der Waals surface area contributed by atoms with E-state index >= 15 is 0 Å².